The molecular formula is C5H4N5O. The number of aromatic amines is 1. The first-order chi connectivity index (χ1) is 5.29. The molecule has 0 aliphatic heterocycles. The zero-order chi connectivity index (χ0) is 7.84. The summed E-state index contributed by atoms with van der Waals surface area (Å²) < 4.78 is 1.17. The van der Waals surface area contributed by atoms with Gasteiger partial charge in [0.25, 0.3) is 5.56 Å². The van der Waals surface area contributed by atoms with Gasteiger partial charge in [-0.2, -0.15) is 0 Å². The third-order valence-corrected chi connectivity index (χ3v) is 1.31. The third kappa shape index (κ3) is 0.689. The number of imidazole rings is 1. The Balaban J connectivity index is 3.06. The fraction of sp³-hybridized carbons (Fsp3) is 0. The molecule has 2 aromatic rings. The van der Waals surface area contributed by atoms with Crippen molar-refractivity contribution in [3.8, 4) is 0 Å². The highest BCUT2D eigenvalue weighted by molar-refractivity contribution is 5.68. The number of nitrogens with zero attached hydrogens (tertiary/aromatic N) is 3. The van der Waals surface area contributed by atoms with E-state index >= 15 is 0 Å². The van der Waals surface area contributed by atoms with Crippen molar-refractivity contribution in [3.63, 3.8) is 0 Å². The fourth-order valence-corrected chi connectivity index (χ4v) is 0.816. The van der Waals surface area contributed by atoms with E-state index in [4.69, 9.17) is 5.84 Å². The van der Waals surface area contributed by atoms with Crippen LogP contribution < -0.4 is 11.4 Å². The molecule has 0 unspecified atom stereocenters. The van der Waals surface area contributed by atoms with Crippen molar-refractivity contribution in [3.05, 3.63) is 23.0 Å². The van der Waals surface area contributed by atoms with Gasteiger partial charge in [0.15, 0.2) is 17.5 Å². The van der Waals surface area contributed by atoms with Gasteiger partial charge >= 0.3 is 0 Å². The Labute approximate surface area is 60.7 Å². The molecular weight excluding hydrogens is 146 g/mol. The number of hydrogen-bond donors (Lipinski definition) is 2. The van der Waals surface area contributed by atoms with Crippen molar-refractivity contribution in [1.29, 1.82) is 0 Å². The topological polar surface area (TPSA) is 89.6 Å². The fourth-order valence-electron chi connectivity index (χ4n) is 0.816. The molecule has 1 radical (unpaired) electrons. The molecule has 6 nitrogen and oxygen atoms in total. The molecule has 3 N–H and O–H groups in total. The van der Waals surface area contributed by atoms with Crippen LogP contribution in [0.5, 0.6) is 0 Å². The van der Waals surface area contributed by atoms with Gasteiger partial charge in [0.1, 0.15) is 6.33 Å². The number of nitrogens with one attached hydrogen (secondary N) is 1. The summed E-state index contributed by atoms with van der Waals surface area (Å²) in [6.07, 6.45) is 3.62. The number of fused-ring (bicyclic) bond motifs is 1. The van der Waals surface area contributed by atoms with Crippen LogP contribution in [0.3, 0.4) is 0 Å². The molecule has 55 valence electrons. The predicted octanol–water partition coefficient (Wildman–Crippen LogP) is -1.37. The summed E-state index contributed by atoms with van der Waals surface area (Å²) >= 11 is 0. The minimum absolute atomic E-state index is 0.228. The highest BCUT2D eigenvalue weighted by atomic mass is 16.1. The largest absolute Gasteiger partial charge is 0.336 e. The van der Waals surface area contributed by atoms with Crippen molar-refractivity contribution in [2.45, 2.75) is 0 Å². The molecule has 0 bridgehead atoms. The van der Waals surface area contributed by atoms with E-state index in [0.717, 1.165) is 0 Å². The van der Waals surface area contributed by atoms with Crippen LogP contribution >= 0.6 is 0 Å². The van der Waals surface area contributed by atoms with E-state index in [1.807, 2.05) is 0 Å². The lowest BCUT2D eigenvalue weighted by Crippen LogP contribution is -2.11. The molecule has 6 heteroatoms. The van der Waals surface area contributed by atoms with Crippen LogP contribution in [0.15, 0.2) is 11.1 Å². The standard InChI is InChI=1S/C5H4N5O/c6-10-2-9-3-4(10)7-1-8-5(3)11/h2H,6H2,(H,7,8,11). The molecule has 0 saturated carbocycles. The van der Waals surface area contributed by atoms with Crippen molar-refractivity contribution in [2.24, 2.45) is 0 Å². The van der Waals surface area contributed by atoms with Gasteiger partial charge in [-0.15, -0.1) is 0 Å². The maximum Gasteiger partial charge on any atom is 0.279 e. The summed E-state index contributed by atoms with van der Waals surface area (Å²) in [6.45, 7) is 0. The van der Waals surface area contributed by atoms with E-state index in [-0.39, 0.29) is 11.1 Å². The van der Waals surface area contributed by atoms with Crippen molar-refractivity contribution >= 4 is 11.2 Å². The summed E-state index contributed by atoms with van der Waals surface area (Å²) in [5, 5.41) is 0. The number of rotatable bonds is 0. The van der Waals surface area contributed by atoms with Crippen LogP contribution in [0.4, 0.5) is 0 Å². The Morgan fingerprint density at radius 3 is 3.27 bits per heavy atom. The van der Waals surface area contributed by atoms with Gasteiger partial charge in [0, 0.05) is 0 Å². The normalized spacial score (nSPS) is 10.5. The lowest BCUT2D eigenvalue weighted by Gasteiger charge is -1.88. The second kappa shape index (κ2) is 1.82. The van der Waals surface area contributed by atoms with Crippen LogP contribution in [-0.4, -0.2) is 19.6 Å². The minimum Gasteiger partial charge on any atom is -0.336 e. The Bertz CT molecular complexity index is 441. The van der Waals surface area contributed by atoms with Crippen LogP contribution in [0.2, 0.25) is 0 Å². The average molecular weight is 150 g/mol. The van der Waals surface area contributed by atoms with Crippen molar-refractivity contribution < 1.29 is 0 Å². The lowest BCUT2D eigenvalue weighted by molar-refractivity contribution is 1.00. The molecule has 0 aliphatic carbocycles. The molecule has 0 amide bonds. The predicted molar refractivity (Wildman–Crippen MR) is 37.1 cm³/mol. The van der Waals surface area contributed by atoms with Gasteiger partial charge in [0.2, 0.25) is 0 Å². The second-order valence-corrected chi connectivity index (χ2v) is 2.00. The number of H-pyrrole nitrogens is 1. The van der Waals surface area contributed by atoms with E-state index < -0.39 is 0 Å². The number of nitrogens with two attached hydrogens (primary N) is 1. The summed E-state index contributed by atoms with van der Waals surface area (Å²) in [5.41, 5.74) is 0.221. The Morgan fingerprint density at radius 1 is 1.73 bits per heavy atom. The van der Waals surface area contributed by atoms with Crippen LogP contribution in [0, 0.1) is 6.33 Å². The van der Waals surface area contributed by atoms with E-state index in [2.05, 4.69) is 21.3 Å². The summed E-state index contributed by atoms with van der Waals surface area (Å²) in [4.78, 5) is 20.6. The third-order valence-electron chi connectivity index (χ3n) is 1.31. The van der Waals surface area contributed by atoms with Gasteiger partial charge in [-0.05, 0) is 0 Å². The smallest absolute Gasteiger partial charge is 0.279 e. The molecule has 0 aromatic carbocycles. The molecule has 0 fully saturated rings. The first-order valence-electron chi connectivity index (χ1n) is 2.87. The average Bonchev–Trinajstić information content (AvgIpc) is 2.35. The highest BCUT2D eigenvalue weighted by Crippen LogP contribution is 1.97. The first kappa shape index (κ1) is 5.90. The van der Waals surface area contributed by atoms with E-state index in [1.165, 1.54) is 11.0 Å². The molecule has 0 aliphatic rings. The zero-order valence-electron chi connectivity index (χ0n) is 5.40. The van der Waals surface area contributed by atoms with Crippen LogP contribution in [0.1, 0.15) is 0 Å². The van der Waals surface area contributed by atoms with E-state index in [0.29, 0.717) is 5.65 Å². The molecule has 2 aromatic heterocycles. The lowest BCUT2D eigenvalue weighted by atomic mass is 10.5. The SMILES string of the molecule is Nn1cnc2c(=O)[nH][c]nc21. The monoisotopic (exact) mass is 150 g/mol. The van der Waals surface area contributed by atoms with Gasteiger partial charge < -0.3 is 10.8 Å². The molecule has 0 saturated heterocycles. The number of hydrogen-bond acceptors (Lipinski definition) is 4. The van der Waals surface area contributed by atoms with Gasteiger partial charge in [-0.25, -0.2) is 14.6 Å². The molecule has 2 heterocycles. The van der Waals surface area contributed by atoms with Gasteiger partial charge in [-0.3, -0.25) is 4.79 Å². The molecule has 0 atom stereocenters. The summed E-state index contributed by atoms with van der Waals surface area (Å²) in [6, 6.07) is 0. The first-order valence-corrected chi connectivity index (χ1v) is 2.87. The van der Waals surface area contributed by atoms with Gasteiger partial charge in [0.05, 0.1) is 0 Å². The van der Waals surface area contributed by atoms with E-state index in [9.17, 15) is 4.79 Å². The molecule has 0 spiro atoms. The maximum absolute atomic E-state index is 10.9. The van der Waals surface area contributed by atoms with Gasteiger partial charge in [-0.1, -0.05) is 0 Å². The maximum atomic E-state index is 10.9. The second-order valence-electron chi connectivity index (χ2n) is 2.00. The van der Waals surface area contributed by atoms with Crippen LogP contribution in [-0.2, 0) is 0 Å². The number of aromatic nitrogens is 4. The van der Waals surface area contributed by atoms with Crippen molar-refractivity contribution in [1.82, 2.24) is 19.6 Å². The molecule has 2 rings (SSSR count). The Kier molecular flexibility index (Phi) is 0.974. The van der Waals surface area contributed by atoms with E-state index in [1.54, 1.807) is 0 Å². The Morgan fingerprint density at radius 2 is 2.55 bits per heavy atom. The number of nitrogen functional groups attached to an aromatic ring is 1. The van der Waals surface area contributed by atoms with Crippen molar-refractivity contribution in [2.75, 3.05) is 5.84 Å². The highest BCUT2D eigenvalue weighted by Gasteiger charge is 2.03. The molecule has 11 heavy (non-hydrogen) atoms. The minimum atomic E-state index is -0.334. The zero-order valence-corrected chi connectivity index (χ0v) is 5.40. The summed E-state index contributed by atoms with van der Waals surface area (Å²) in [5.74, 6) is 5.36. The Hall–Kier alpha value is -1.85. The quantitative estimate of drug-likeness (QED) is 0.453. The van der Waals surface area contributed by atoms with Crippen LogP contribution in [0.25, 0.3) is 11.2 Å². The summed E-state index contributed by atoms with van der Waals surface area (Å²) in [7, 11) is 0.